The van der Waals surface area contributed by atoms with Gasteiger partial charge in [-0.3, -0.25) is 4.21 Å². The van der Waals surface area contributed by atoms with Crippen LogP contribution in [0.25, 0.3) is 0 Å². The Balaban J connectivity index is 3.12. The monoisotopic (exact) mass is 334 g/mol. The van der Waals surface area contributed by atoms with Crippen LogP contribution in [0.3, 0.4) is 0 Å². The lowest BCUT2D eigenvalue weighted by molar-refractivity contribution is 0.569. The Morgan fingerprint density at radius 2 is 2.10 bits per heavy atom. The molecule has 0 amide bonds. The summed E-state index contributed by atoms with van der Waals surface area (Å²) in [5.41, 5.74) is 6.62. The van der Waals surface area contributed by atoms with Gasteiger partial charge in [-0.2, -0.15) is 0 Å². The molecule has 5 nitrogen and oxygen atoms in total. The summed E-state index contributed by atoms with van der Waals surface area (Å²) in [6.07, 6.45) is 1.53. The predicted octanol–water partition coefficient (Wildman–Crippen LogP) is 0.675. The molecule has 0 radical (unpaired) electrons. The molecule has 1 aromatic carbocycles. The number of nitrogens with one attached hydrogen (secondary N) is 1. The maximum atomic E-state index is 12.3. The maximum absolute atomic E-state index is 12.3. The van der Waals surface area contributed by atoms with Crippen LogP contribution in [0.4, 0.5) is 0 Å². The number of hydrogen-bond acceptors (Lipinski definition) is 4. The number of rotatable bonds is 6. The van der Waals surface area contributed by atoms with E-state index in [9.17, 15) is 12.6 Å². The minimum Gasteiger partial charge on any atom is -0.389 e. The Morgan fingerprint density at radius 1 is 1.50 bits per heavy atom. The lowest BCUT2D eigenvalue weighted by atomic mass is 10.1. The number of aryl methyl sites for hydroxylation is 1. The summed E-state index contributed by atoms with van der Waals surface area (Å²) in [4.78, 5) is 0.278. The van der Waals surface area contributed by atoms with Gasteiger partial charge in [0.2, 0.25) is 10.0 Å². The van der Waals surface area contributed by atoms with Crippen LogP contribution in [0.15, 0.2) is 23.1 Å². The van der Waals surface area contributed by atoms with Gasteiger partial charge in [0.05, 0.1) is 4.90 Å². The highest BCUT2D eigenvalue weighted by atomic mass is 32.2. The first-order chi connectivity index (χ1) is 9.13. The molecule has 0 aromatic heterocycles. The third-order valence-electron chi connectivity index (χ3n) is 2.60. The average Bonchev–Trinajstić information content (AvgIpc) is 2.26. The zero-order valence-corrected chi connectivity index (χ0v) is 14.0. The third-order valence-corrected chi connectivity index (χ3v) is 5.54. The molecule has 0 aliphatic rings. The van der Waals surface area contributed by atoms with Gasteiger partial charge in [0.1, 0.15) is 4.99 Å². The second kappa shape index (κ2) is 6.75. The first-order valence-electron chi connectivity index (χ1n) is 5.86. The summed E-state index contributed by atoms with van der Waals surface area (Å²) in [6, 6.07) is 4.38. The third kappa shape index (κ3) is 4.62. The van der Waals surface area contributed by atoms with E-state index < -0.39 is 26.9 Å². The second-order valence-corrected chi connectivity index (χ2v) is 8.21. The van der Waals surface area contributed by atoms with Crippen LogP contribution in [0, 0.1) is 6.92 Å². The summed E-state index contributed by atoms with van der Waals surface area (Å²) in [5.74, 6) is 0.257. The molecule has 0 saturated carbocycles. The molecule has 0 fully saturated rings. The fraction of sp³-hybridized carbons (Fsp3) is 0.417. The molecule has 0 saturated heterocycles. The lowest BCUT2D eigenvalue weighted by Gasteiger charge is -2.15. The Morgan fingerprint density at radius 3 is 2.60 bits per heavy atom. The number of nitrogens with two attached hydrogens (primary N) is 1. The fourth-order valence-corrected chi connectivity index (χ4v) is 4.29. The molecular formula is C12H18N2O3S3. The van der Waals surface area contributed by atoms with Crippen LogP contribution in [0.1, 0.15) is 18.1 Å². The van der Waals surface area contributed by atoms with Crippen LogP contribution in [-0.4, -0.2) is 35.7 Å². The van der Waals surface area contributed by atoms with Crippen molar-refractivity contribution in [3.05, 3.63) is 29.3 Å². The van der Waals surface area contributed by atoms with Gasteiger partial charge in [-0.15, -0.1) is 0 Å². The molecule has 1 aromatic rings. The van der Waals surface area contributed by atoms with E-state index in [4.69, 9.17) is 18.0 Å². The van der Waals surface area contributed by atoms with Crippen molar-refractivity contribution >= 4 is 38.0 Å². The summed E-state index contributed by atoms with van der Waals surface area (Å²) >= 11 is 4.86. The molecule has 0 aliphatic carbocycles. The van der Waals surface area contributed by atoms with E-state index in [1.165, 1.54) is 12.3 Å². The van der Waals surface area contributed by atoms with Crippen LogP contribution >= 0.6 is 12.2 Å². The summed E-state index contributed by atoms with van der Waals surface area (Å²) in [5, 5.41) is 0. The van der Waals surface area contributed by atoms with Gasteiger partial charge < -0.3 is 5.73 Å². The Labute approximate surface area is 127 Å². The first-order valence-corrected chi connectivity index (χ1v) is 9.48. The van der Waals surface area contributed by atoms with E-state index >= 15 is 0 Å². The highest BCUT2D eigenvalue weighted by molar-refractivity contribution is 7.89. The smallest absolute Gasteiger partial charge is 0.241 e. The topological polar surface area (TPSA) is 89.3 Å². The molecule has 2 unspecified atom stereocenters. The van der Waals surface area contributed by atoms with Gasteiger partial charge in [-0.1, -0.05) is 24.4 Å². The molecule has 2 atom stereocenters. The average molecular weight is 334 g/mol. The van der Waals surface area contributed by atoms with Gasteiger partial charge in [0, 0.05) is 34.4 Å². The van der Waals surface area contributed by atoms with Gasteiger partial charge in [-0.25, -0.2) is 13.1 Å². The van der Waals surface area contributed by atoms with E-state index in [1.54, 1.807) is 26.0 Å². The summed E-state index contributed by atoms with van der Waals surface area (Å²) < 4.78 is 38.3. The number of thiocarbonyl (C=S) groups is 1. The van der Waals surface area contributed by atoms with Crippen molar-refractivity contribution in [1.29, 1.82) is 0 Å². The molecule has 8 heteroatoms. The molecule has 20 heavy (non-hydrogen) atoms. The van der Waals surface area contributed by atoms with E-state index in [2.05, 4.69) is 4.72 Å². The number of benzene rings is 1. The van der Waals surface area contributed by atoms with Crippen LogP contribution in [0.5, 0.6) is 0 Å². The van der Waals surface area contributed by atoms with Gasteiger partial charge in [0.25, 0.3) is 0 Å². The first kappa shape index (κ1) is 17.2. The predicted molar refractivity (Wildman–Crippen MR) is 85.8 cm³/mol. The van der Waals surface area contributed by atoms with E-state index in [1.807, 2.05) is 0 Å². The Bertz CT molecular complexity index is 641. The van der Waals surface area contributed by atoms with Gasteiger partial charge in [0.15, 0.2) is 0 Å². The zero-order valence-electron chi connectivity index (χ0n) is 11.5. The highest BCUT2D eigenvalue weighted by Crippen LogP contribution is 2.17. The maximum Gasteiger partial charge on any atom is 0.241 e. The minimum atomic E-state index is -3.69. The second-order valence-electron chi connectivity index (χ2n) is 4.61. The van der Waals surface area contributed by atoms with E-state index in [0.717, 1.165) is 0 Å². The summed E-state index contributed by atoms with van der Waals surface area (Å²) in [6.45, 7) is 3.37. The van der Waals surface area contributed by atoms with Crippen LogP contribution in [0.2, 0.25) is 0 Å². The van der Waals surface area contributed by atoms with Crippen molar-refractivity contribution in [3.8, 4) is 0 Å². The number of hydrogen-bond donors (Lipinski definition) is 2. The molecule has 112 valence electrons. The SMILES string of the molecule is Cc1ccc(C(N)=S)cc1S(=O)(=O)NC(C)CS(C)=O. The molecule has 1 rings (SSSR count). The highest BCUT2D eigenvalue weighted by Gasteiger charge is 2.20. The van der Waals surface area contributed by atoms with Crippen LogP contribution in [-0.2, 0) is 20.8 Å². The molecule has 0 bridgehead atoms. The standard InChI is InChI=1S/C12H18N2O3S3/c1-8-4-5-10(12(13)18)6-11(8)20(16,17)14-9(2)7-19(3)15/h4-6,9,14H,7H2,1-3H3,(H2,13,18). The van der Waals surface area contributed by atoms with Crippen molar-refractivity contribution in [2.24, 2.45) is 5.73 Å². The van der Waals surface area contributed by atoms with Gasteiger partial charge in [-0.05, 0) is 25.5 Å². The van der Waals surface area contributed by atoms with Crippen molar-refractivity contribution in [2.45, 2.75) is 24.8 Å². The van der Waals surface area contributed by atoms with E-state index in [-0.39, 0.29) is 15.6 Å². The quantitative estimate of drug-likeness (QED) is 0.747. The van der Waals surface area contributed by atoms with Crippen LogP contribution < -0.4 is 10.5 Å². The van der Waals surface area contributed by atoms with Crippen molar-refractivity contribution in [2.75, 3.05) is 12.0 Å². The Hall–Kier alpha value is -0.830. The summed E-state index contributed by atoms with van der Waals surface area (Å²) in [7, 11) is -4.76. The zero-order chi connectivity index (χ0) is 15.5. The van der Waals surface area contributed by atoms with Crippen molar-refractivity contribution < 1.29 is 12.6 Å². The molecule has 0 aliphatic heterocycles. The lowest BCUT2D eigenvalue weighted by Crippen LogP contribution is -2.36. The molecule has 3 N–H and O–H groups in total. The van der Waals surface area contributed by atoms with E-state index in [0.29, 0.717) is 11.1 Å². The Kier molecular flexibility index (Phi) is 5.81. The molecule has 0 heterocycles. The number of sulfonamides is 1. The normalized spacial score (nSPS) is 14.8. The van der Waals surface area contributed by atoms with Crippen molar-refractivity contribution in [1.82, 2.24) is 4.72 Å². The minimum absolute atomic E-state index is 0.136. The van der Waals surface area contributed by atoms with Crippen molar-refractivity contribution in [3.63, 3.8) is 0 Å². The molecular weight excluding hydrogens is 316 g/mol. The van der Waals surface area contributed by atoms with Gasteiger partial charge >= 0.3 is 0 Å². The molecule has 0 spiro atoms. The fourth-order valence-electron chi connectivity index (χ4n) is 1.76. The largest absolute Gasteiger partial charge is 0.389 e.